The number of anilines is 1. The number of thioether (sulfide) groups is 1. The first-order chi connectivity index (χ1) is 15.5. The minimum absolute atomic E-state index is 0.0876. The Balaban J connectivity index is 1.35. The van der Waals surface area contributed by atoms with Gasteiger partial charge in [-0.2, -0.15) is 0 Å². The Morgan fingerprint density at radius 2 is 1.81 bits per heavy atom. The number of amides is 1. The van der Waals surface area contributed by atoms with Gasteiger partial charge in [-0.25, -0.2) is 0 Å². The maximum Gasteiger partial charge on any atom is 0.260 e. The van der Waals surface area contributed by atoms with Crippen LogP contribution in [0, 0.1) is 0 Å². The molecule has 0 spiro atoms. The summed E-state index contributed by atoms with van der Waals surface area (Å²) in [4.78, 5) is 13.0. The van der Waals surface area contributed by atoms with Gasteiger partial charge < -0.3 is 15.4 Å². The molecule has 0 radical (unpaired) electrons. The topological polar surface area (TPSA) is 50.4 Å². The number of halogens is 2. The quantitative estimate of drug-likeness (QED) is 0.364. The van der Waals surface area contributed by atoms with E-state index in [1.807, 2.05) is 48.5 Å². The van der Waals surface area contributed by atoms with E-state index in [4.69, 9.17) is 27.9 Å². The summed E-state index contributed by atoms with van der Waals surface area (Å²) >= 11 is 13.6. The number of hydrogen-bond donors (Lipinski definition) is 2. The Morgan fingerprint density at radius 1 is 1.06 bits per heavy atom. The number of ether oxygens (including phenoxy) is 1. The molecule has 1 amide bonds. The molecule has 1 fully saturated rings. The van der Waals surface area contributed by atoms with E-state index >= 15 is 0 Å². The number of aryl methyl sites for hydroxylation is 1. The molecular weight excluding hydrogens is 463 g/mol. The number of benzene rings is 3. The second-order valence-electron chi connectivity index (χ2n) is 7.27. The predicted molar refractivity (Wildman–Crippen MR) is 134 cm³/mol. The third-order valence-corrected chi connectivity index (χ3v) is 6.59. The van der Waals surface area contributed by atoms with Crippen LogP contribution in [-0.2, 0) is 17.8 Å². The maximum atomic E-state index is 12.4. The van der Waals surface area contributed by atoms with Crippen LogP contribution in [-0.4, -0.2) is 11.4 Å². The van der Waals surface area contributed by atoms with E-state index in [1.165, 1.54) is 17.3 Å². The van der Waals surface area contributed by atoms with E-state index < -0.39 is 0 Å². The Hall–Kier alpha value is -2.60. The van der Waals surface area contributed by atoms with Gasteiger partial charge in [0.1, 0.15) is 12.4 Å². The van der Waals surface area contributed by atoms with Gasteiger partial charge in [-0.15, -0.1) is 0 Å². The standard InChI is InChI=1S/C25H22Cl2N2O2S/c1-2-16-3-9-20(10-4-16)28-25-29-24(30)23(32-25)13-17-5-11-21(12-6-17)31-15-18-7-8-19(26)14-22(18)27/h3-14,25,28H,2,15H2,1H3,(H,29,30). The van der Waals surface area contributed by atoms with Gasteiger partial charge in [0.25, 0.3) is 5.91 Å². The molecular formula is C25H22Cl2N2O2S. The van der Waals surface area contributed by atoms with Gasteiger partial charge in [0.05, 0.1) is 4.91 Å². The molecule has 1 atom stereocenters. The van der Waals surface area contributed by atoms with Crippen LogP contribution < -0.4 is 15.4 Å². The first kappa shape index (κ1) is 22.6. The molecule has 1 aliphatic heterocycles. The fourth-order valence-corrected chi connectivity index (χ4v) is 4.61. The molecule has 1 aliphatic rings. The molecule has 4 rings (SSSR count). The predicted octanol–water partition coefficient (Wildman–Crippen LogP) is 6.73. The smallest absolute Gasteiger partial charge is 0.260 e. The Kier molecular flexibility index (Phi) is 7.30. The second-order valence-corrected chi connectivity index (χ2v) is 9.26. The van der Waals surface area contributed by atoms with Crippen LogP contribution in [0.25, 0.3) is 6.08 Å². The van der Waals surface area contributed by atoms with Crippen molar-refractivity contribution in [3.63, 3.8) is 0 Å². The second kappa shape index (κ2) is 10.3. The summed E-state index contributed by atoms with van der Waals surface area (Å²) in [5.41, 5.74) is 3.84. The van der Waals surface area contributed by atoms with Gasteiger partial charge in [0.15, 0.2) is 5.50 Å². The van der Waals surface area contributed by atoms with Crippen LogP contribution in [0.15, 0.2) is 71.6 Å². The normalized spacial score (nSPS) is 16.8. The lowest BCUT2D eigenvalue weighted by Crippen LogP contribution is -2.30. The zero-order valence-corrected chi connectivity index (χ0v) is 19.7. The summed E-state index contributed by atoms with van der Waals surface area (Å²) in [6.45, 7) is 2.47. The van der Waals surface area contributed by atoms with Crippen molar-refractivity contribution in [2.75, 3.05) is 5.32 Å². The Labute approximate surface area is 202 Å². The summed E-state index contributed by atoms with van der Waals surface area (Å²) in [6, 6.07) is 21.2. The number of rotatable bonds is 7. The van der Waals surface area contributed by atoms with Crippen molar-refractivity contribution >= 4 is 52.6 Å². The van der Waals surface area contributed by atoms with Gasteiger partial charge in [-0.05, 0) is 60.0 Å². The van der Waals surface area contributed by atoms with Crippen LogP contribution in [0.2, 0.25) is 10.0 Å². The Morgan fingerprint density at radius 3 is 2.50 bits per heavy atom. The van der Waals surface area contributed by atoms with Crippen molar-refractivity contribution in [1.29, 1.82) is 0 Å². The average molecular weight is 485 g/mol. The molecule has 0 bridgehead atoms. The number of carbonyl (C=O) groups excluding carboxylic acids is 1. The molecule has 1 unspecified atom stereocenters. The molecule has 0 aliphatic carbocycles. The third kappa shape index (κ3) is 5.80. The van der Waals surface area contributed by atoms with E-state index in [9.17, 15) is 4.79 Å². The van der Waals surface area contributed by atoms with Crippen molar-refractivity contribution in [3.05, 3.63) is 98.4 Å². The lowest BCUT2D eigenvalue weighted by molar-refractivity contribution is -0.116. The number of carbonyl (C=O) groups is 1. The van der Waals surface area contributed by atoms with Crippen LogP contribution in [0.1, 0.15) is 23.6 Å². The molecule has 1 saturated heterocycles. The van der Waals surface area contributed by atoms with E-state index in [2.05, 4.69) is 29.7 Å². The minimum atomic E-state index is -0.201. The summed E-state index contributed by atoms with van der Waals surface area (Å²) in [5, 5.41) is 7.47. The number of hydrogen-bond acceptors (Lipinski definition) is 4. The van der Waals surface area contributed by atoms with Crippen molar-refractivity contribution < 1.29 is 9.53 Å². The first-order valence-corrected chi connectivity index (χ1v) is 11.8. The van der Waals surface area contributed by atoms with Crippen LogP contribution >= 0.6 is 35.0 Å². The molecule has 7 heteroatoms. The molecule has 4 nitrogen and oxygen atoms in total. The maximum absolute atomic E-state index is 12.4. The molecule has 1 heterocycles. The average Bonchev–Trinajstić information content (AvgIpc) is 3.13. The highest BCUT2D eigenvalue weighted by molar-refractivity contribution is 8.05. The van der Waals surface area contributed by atoms with Gasteiger partial charge in [-0.3, -0.25) is 4.79 Å². The van der Waals surface area contributed by atoms with Crippen LogP contribution in [0.3, 0.4) is 0 Å². The van der Waals surface area contributed by atoms with Gasteiger partial charge in [-0.1, -0.05) is 72.2 Å². The molecule has 32 heavy (non-hydrogen) atoms. The van der Waals surface area contributed by atoms with Crippen molar-refractivity contribution in [2.45, 2.75) is 25.4 Å². The highest BCUT2D eigenvalue weighted by Gasteiger charge is 2.27. The van der Waals surface area contributed by atoms with Gasteiger partial charge in [0, 0.05) is 21.3 Å². The molecule has 3 aromatic carbocycles. The zero-order chi connectivity index (χ0) is 22.5. The lowest BCUT2D eigenvalue weighted by atomic mass is 10.1. The van der Waals surface area contributed by atoms with Gasteiger partial charge in [0.2, 0.25) is 0 Å². The van der Waals surface area contributed by atoms with Gasteiger partial charge >= 0.3 is 0 Å². The fourth-order valence-electron chi connectivity index (χ4n) is 3.16. The van der Waals surface area contributed by atoms with Crippen molar-refractivity contribution in [3.8, 4) is 5.75 Å². The van der Waals surface area contributed by atoms with E-state index in [0.29, 0.717) is 21.6 Å². The fraction of sp³-hybridized carbons (Fsp3) is 0.160. The minimum Gasteiger partial charge on any atom is -0.489 e. The molecule has 0 saturated carbocycles. The van der Waals surface area contributed by atoms with Crippen molar-refractivity contribution in [2.24, 2.45) is 0 Å². The monoisotopic (exact) mass is 484 g/mol. The van der Waals surface area contributed by atoms with Crippen LogP contribution in [0.5, 0.6) is 5.75 Å². The van der Waals surface area contributed by atoms with E-state index in [-0.39, 0.29) is 11.4 Å². The molecule has 164 valence electrons. The highest BCUT2D eigenvalue weighted by Crippen LogP contribution is 2.31. The molecule has 3 aromatic rings. The number of nitrogens with one attached hydrogen (secondary N) is 2. The SMILES string of the molecule is CCc1ccc(NC2NC(=O)C(=Cc3ccc(OCc4ccc(Cl)cc4Cl)cc3)S2)cc1. The van der Waals surface area contributed by atoms with Crippen molar-refractivity contribution in [1.82, 2.24) is 5.32 Å². The molecule has 2 N–H and O–H groups in total. The summed E-state index contributed by atoms with van der Waals surface area (Å²) in [5.74, 6) is 0.632. The third-order valence-electron chi connectivity index (χ3n) is 4.98. The Bertz CT molecular complexity index is 1130. The van der Waals surface area contributed by atoms with E-state index in [1.54, 1.807) is 12.1 Å². The zero-order valence-electron chi connectivity index (χ0n) is 17.4. The summed E-state index contributed by atoms with van der Waals surface area (Å²) in [6.07, 6.45) is 2.88. The van der Waals surface area contributed by atoms with Crippen LogP contribution in [0.4, 0.5) is 5.69 Å². The molecule has 0 aromatic heterocycles. The van der Waals surface area contributed by atoms with E-state index in [0.717, 1.165) is 29.0 Å². The largest absolute Gasteiger partial charge is 0.489 e. The lowest BCUT2D eigenvalue weighted by Gasteiger charge is -2.12. The summed E-state index contributed by atoms with van der Waals surface area (Å²) < 4.78 is 5.82. The first-order valence-electron chi connectivity index (χ1n) is 10.2. The summed E-state index contributed by atoms with van der Waals surface area (Å²) in [7, 11) is 0. The highest BCUT2D eigenvalue weighted by atomic mass is 35.5.